The summed E-state index contributed by atoms with van der Waals surface area (Å²) in [5, 5.41) is 5.65. The molecular formula is C16H23N5O2. The first-order valence-electron chi connectivity index (χ1n) is 8.29. The summed E-state index contributed by atoms with van der Waals surface area (Å²) in [5.74, 6) is 0.427. The van der Waals surface area contributed by atoms with E-state index in [-0.39, 0.29) is 24.3 Å². The fraction of sp³-hybridized carbons (Fsp3) is 0.625. The number of aromatic nitrogens is 2. The number of piperazine rings is 1. The van der Waals surface area contributed by atoms with E-state index in [1.165, 1.54) is 5.56 Å². The number of amides is 2. The highest BCUT2D eigenvalue weighted by atomic mass is 16.2. The molecule has 1 saturated heterocycles. The molecule has 7 heteroatoms. The summed E-state index contributed by atoms with van der Waals surface area (Å²) >= 11 is 0. The Morgan fingerprint density at radius 1 is 1.48 bits per heavy atom. The summed E-state index contributed by atoms with van der Waals surface area (Å²) in [6, 6.07) is -0.380. The van der Waals surface area contributed by atoms with E-state index in [9.17, 15) is 9.59 Å². The van der Waals surface area contributed by atoms with Crippen LogP contribution in [0.25, 0.3) is 0 Å². The van der Waals surface area contributed by atoms with Crippen molar-refractivity contribution >= 4 is 11.8 Å². The Morgan fingerprint density at radius 3 is 3.17 bits per heavy atom. The zero-order chi connectivity index (χ0) is 16.2. The maximum absolute atomic E-state index is 12.2. The number of rotatable bonds is 5. The molecule has 1 aliphatic carbocycles. The van der Waals surface area contributed by atoms with Gasteiger partial charge in [-0.3, -0.25) is 14.5 Å². The minimum Gasteiger partial charge on any atom is -0.353 e. The number of hydrogen-bond donors (Lipinski definition) is 2. The molecule has 0 bridgehead atoms. The lowest BCUT2D eigenvalue weighted by Gasteiger charge is -2.33. The molecule has 23 heavy (non-hydrogen) atoms. The Bertz CT molecular complexity index is 604. The summed E-state index contributed by atoms with van der Waals surface area (Å²) in [4.78, 5) is 34.9. The Hall–Kier alpha value is -2.02. The van der Waals surface area contributed by atoms with Gasteiger partial charge in [-0.1, -0.05) is 6.92 Å². The summed E-state index contributed by atoms with van der Waals surface area (Å²) in [5.41, 5.74) is 2.32. The van der Waals surface area contributed by atoms with Crippen molar-refractivity contribution in [3.63, 3.8) is 0 Å². The van der Waals surface area contributed by atoms with Crippen LogP contribution in [0.1, 0.15) is 36.8 Å². The van der Waals surface area contributed by atoms with E-state index in [2.05, 4.69) is 20.6 Å². The van der Waals surface area contributed by atoms with Crippen LogP contribution >= 0.6 is 0 Å². The van der Waals surface area contributed by atoms with Gasteiger partial charge in [-0.15, -0.1) is 0 Å². The molecule has 3 rings (SSSR count). The minimum absolute atomic E-state index is 0.0676. The number of carbonyl (C=O) groups is 2. The van der Waals surface area contributed by atoms with E-state index in [1.807, 2.05) is 18.0 Å². The van der Waals surface area contributed by atoms with Crippen LogP contribution in [0.3, 0.4) is 0 Å². The monoisotopic (exact) mass is 317 g/mol. The number of nitrogens with zero attached hydrogens (tertiary/aromatic N) is 3. The lowest BCUT2D eigenvalue weighted by atomic mass is 10.1. The van der Waals surface area contributed by atoms with Crippen molar-refractivity contribution in [3.05, 3.63) is 23.3 Å². The first-order valence-corrected chi connectivity index (χ1v) is 8.29. The van der Waals surface area contributed by atoms with Crippen molar-refractivity contribution in [1.29, 1.82) is 0 Å². The number of aryl methyl sites for hydroxylation is 2. The van der Waals surface area contributed by atoms with Gasteiger partial charge in [0.15, 0.2) is 0 Å². The normalized spacial score (nSPS) is 20.9. The summed E-state index contributed by atoms with van der Waals surface area (Å²) in [7, 11) is 0. The van der Waals surface area contributed by atoms with Crippen LogP contribution < -0.4 is 10.6 Å². The van der Waals surface area contributed by atoms with Gasteiger partial charge in [0.1, 0.15) is 5.82 Å². The Labute approximate surface area is 135 Å². The molecule has 1 unspecified atom stereocenters. The molecule has 2 heterocycles. The van der Waals surface area contributed by atoms with Crippen molar-refractivity contribution < 1.29 is 9.59 Å². The van der Waals surface area contributed by atoms with E-state index < -0.39 is 0 Å². The van der Waals surface area contributed by atoms with Crippen LogP contribution in [0.15, 0.2) is 6.20 Å². The van der Waals surface area contributed by atoms with Crippen LogP contribution in [0.4, 0.5) is 0 Å². The van der Waals surface area contributed by atoms with Crippen LogP contribution in [0.5, 0.6) is 0 Å². The number of carbonyl (C=O) groups excluding carboxylic acids is 2. The van der Waals surface area contributed by atoms with E-state index in [0.717, 1.165) is 38.0 Å². The van der Waals surface area contributed by atoms with Gasteiger partial charge in [0.05, 0.1) is 19.0 Å². The molecule has 2 N–H and O–H groups in total. The van der Waals surface area contributed by atoms with Crippen LogP contribution in [-0.4, -0.2) is 52.4 Å². The summed E-state index contributed by atoms with van der Waals surface area (Å²) < 4.78 is 0. The number of fused-ring (bicyclic) bond motifs is 1. The average molecular weight is 317 g/mol. The van der Waals surface area contributed by atoms with Crippen molar-refractivity contribution in [3.8, 4) is 0 Å². The molecule has 124 valence electrons. The first-order chi connectivity index (χ1) is 11.2. The Kier molecular flexibility index (Phi) is 4.85. The van der Waals surface area contributed by atoms with E-state index in [4.69, 9.17) is 0 Å². The minimum atomic E-state index is -0.380. The lowest BCUT2D eigenvalue weighted by Crippen LogP contribution is -2.56. The SMILES string of the molecule is CCN1CCNC(=O)C1CC(=O)NCc1ncc2c(n1)CCC2. The van der Waals surface area contributed by atoms with Crippen molar-refractivity contribution in [2.75, 3.05) is 19.6 Å². The molecule has 1 aromatic heterocycles. The molecule has 1 aliphatic heterocycles. The molecule has 0 radical (unpaired) electrons. The fourth-order valence-electron chi connectivity index (χ4n) is 3.23. The Morgan fingerprint density at radius 2 is 2.35 bits per heavy atom. The van der Waals surface area contributed by atoms with E-state index in [0.29, 0.717) is 18.9 Å². The van der Waals surface area contributed by atoms with Gasteiger partial charge in [0.2, 0.25) is 11.8 Å². The third-order valence-electron chi connectivity index (χ3n) is 4.53. The third-order valence-corrected chi connectivity index (χ3v) is 4.53. The zero-order valence-corrected chi connectivity index (χ0v) is 13.5. The Balaban J connectivity index is 1.54. The topological polar surface area (TPSA) is 87.2 Å². The second-order valence-corrected chi connectivity index (χ2v) is 6.03. The number of nitrogens with one attached hydrogen (secondary N) is 2. The van der Waals surface area contributed by atoms with E-state index >= 15 is 0 Å². The molecule has 1 fully saturated rings. The highest BCUT2D eigenvalue weighted by Crippen LogP contribution is 2.18. The molecule has 0 aromatic carbocycles. The first kappa shape index (κ1) is 15.9. The smallest absolute Gasteiger partial charge is 0.237 e. The largest absolute Gasteiger partial charge is 0.353 e. The lowest BCUT2D eigenvalue weighted by molar-refractivity contribution is -0.133. The van der Waals surface area contributed by atoms with Crippen LogP contribution in [0, 0.1) is 0 Å². The highest BCUT2D eigenvalue weighted by molar-refractivity contribution is 5.88. The summed E-state index contributed by atoms with van der Waals surface area (Å²) in [6.45, 7) is 4.51. The van der Waals surface area contributed by atoms with Crippen LogP contribution in [0.2, 0.25) is 0 Å². The van der Waals surface area contributed by atoms with Gasteiger partial charge in [-0.25, -0.2) is 9.97 Å². The van der Waals surface area contributed by atoms with Gasteiger partial charge < -0.3 is 10.6 Å². The van der Waals surface area contributed by atoms with Crippen molar-refractivity contribution in [2.24, 2.45) is 0 Å². The average Bonchev–Trinajstić information content (AvgIpc) is 3.02. The predicted molar refractivity (Wildman–Crippen MR) is 84.6 cm³/mol. The quantitative estimate of drug-likeness (QED) is 0.785. The number of likely N-dealkylation sites (N-methyl/N-ethyl adjacent to an activating group) is 1. The van der Waals surface area contributed by atoms with Crippen molar-refractivity contribution in [1.82, 2.24) is 25.5 Å². The second-order valence-electron chi connectivity index (χ2n) is 6.03. The molecule has 1 atom stereocenters. The van der Waals surface area contributed by atoms with Gasteiger partial charge >= 0.3 is 0 Å². The van der Waals surface area contributed by atoms with Gasteiger partial charge in [-0.05, 0) is 31.4 Å². The molecular weight excluding hydrogens is 294 g/mol. The molecule has 0 saturated carbocycles. The van der Waals surface area contributed by atoms with Crippen molar-refractivity contribution in [2.45, 2.75) is 45.2 Å². The third kappa shape index (κ3) is 3.67. The predicted octanol–water partition coefficient (Wildman–Crippen LogP) is -0.208. The highest BCUT2D eigenvalue weighted by Gasteiger charge is 2.30. The van der Waals surface area contributed by atoms with Crippen LogP contribution in [-0.2, 0) is 29.0 Å². The maximum atomic E-state index is 12.2. The molecule has 2 amide bonds. The molecule has 2 aliphatic rings. The molecule has 7 nitrogen and oxygen atoms in total. The second kappa shape index (κ2) is 7.04. The standard InChI is InChI=1S/C16H23N5O2/c1-2-21-7-6-17-16(23)13(21)8-15(22)19-10-14-18-9-11-4-3-5-12(11)20-14/h9,13H,2-8,10H2,1H3,(H,17,23)(H,19,22). The van der Waals surface area contributed by atoms with Gasteiger partial charge in [-0.2, -0.15) is 0 Å². The molecule has 0 spiro atoms. The van der Waals surface area contributed by atoms with Gasteiger partial charge in [0.25, 0.3) is 0 Å². The maximum Gasteiger partial charge on any atom is 0.237 e. The van der Waals surface area contributed by atoms with E-state index in [1.54, 1.807) is 0 Å². The fourth-order valence-corrected chi connectivity index (χ4v) is 3.23. The summed E-state index contributed by atoms with van der Waals surface area (Å²) in [6.07, 6.45) is 5.20. The molecule has 1 aromatic rings. The number of hydrogen-bond acceptors (Lipinski definition) is 5. The zero-order valence-electron chi connectivity index (χ0n) is 13.5. The van der Waals surface area contributed by atoms with Gasteiger partial charge in [0, 0.05) is 25.0 Å².